The molecule has 0 unspecified atom stereocenters. The van der Waals surface area contributed by atoms with Crippen molar-refractivity contribution in [1.29, 1.82) is 0 Å². The number of imidazole rings is 1. The van der Waals surface area contributed by atoms with Crippen LogP contribution >= 0.6 is 0 Å². The van der Waals surface area contributed by atoms with E-state index >= 15 is 0 Å². The van der Waals surface area contributed by atoms with Gasteiger partial charge in [0.2, 0.25) is 5.88 Å². The van der Waals surface area contributed by atoms with Crippen molar-refractivity contribution in [2.75, 3.05) is 12.4 Å². The third-order valence-corrected chi connectivity index (χ3v) is 6.61. The molecule has 172 valence electrons. The molecule has 0 aliphatic rings. The molecule has 4 rings (SSSR count). The van der Waals surface area contributed by atoms with Crippen LogP contribution in [-0.4, -0.2) is 40.2 Å². The van der Waals surface area contributed by atoms with E-state index in [-0.39, 0.29) is 12.2 Å². The van der Waals surface area contributed by atoms with Crippen molar-refractivity contribution in [3.05, 3.63) is 77.0 Å². The number of aromatic hydroxyl groups is 1. The molecular formula is C21H17F3N4O4S. The van der Waals surface area contributed by atoms with Crippen molar-refractivity contribution in [1.82, 2.24) is 14.1 Å². The fourth-order valence-electron chi connectivity index (χ4n) is 3.54. The molecule has 0 spiro atoms. The highest BCUT2D eigenvalue weighted by Gasteiger charge is 2.46. The average Bonchev–Trinajstić information content (AvgIpc) is 3.05. The molecule has 12 heteroatoms. The molecule has 0 saturated heterocycles. The number of halogens is 3. The van der Waals surface area contributed by atoms with E-state index in [2.05, 4.69) is 10.3 Å². The normalized spacial score (nSPS) is 12.2. The van der Waals surface area contributed by atoms with Gasteiger partial charge >= 0.3 is 11.2 Å². The number of hydrogen-bond donors (Lipinski definition) is 2. The van der Waals surface area contributed by atoms with E-state index < -0.39 is 31.8 Å². The van der Waals surface area contributed by atoms with Gasteiger partial charge < -0.3 is 10.4 Å². The molecule has 0 amide bonds. The fraction of sp³-hybridized carbons (Fsp3) is 0.143. The summed E-state index contributed by atoms with van der Waals surface area (Å²) in [7, 11) is -3.77. The van der Waals surface area contributed by atoms with Gasteiger partial charge in [-0.25, -0.2) is 17.8 Å². The molecule has 0 radical (unpaired) electrons. The SMILES string of the molecule is CNc1cccc2nccc(Cn3cc(O)n(-c4ccc(S(=O)(=O)C(F)(F)F)cc4)c3=O)c12. The zero-order chi connectivity index (χ0) is 24.0. The van der Waals surface area contributed by atoms with E-state index in [1.807, 2.05) is 18.2 Å². The Labute approximate surface area is 185 Å². The van der Waals surface area contributed by atoms with Crippen molar-refractivity contribution in [3.63, 3.8) is 0 Å². The van der Waals surface area contributed by atoms with Gasteiger partial charge in [-0.15, -0.1) is 0 Å². The molecule has 0 aliphatic heterocycles. The molecular weight excluding hydrogens is 461 g/mol. The monoisotopic (exact) mass is 478 g/mol. The van der Waals surface area contributed by atoms with Crippen LogP contribution in [0.15, 0.2) is 70.6 Å². The first-order chi connectivity index (χ1) is 15.5. The number of anilines is 1. The third kappa shape index (κ3) is 3.82. The highest BCUT2D eigenvalue weighted by Crippen LogP contribution is 2.31. The maximum Gasteiger partial charge on any atom is 0.501 e. The Bertz CT molecular complexity index is 1500. The quantitative estimate of drug-likeness (QED) is 0.456. The maximum atomic E-state index is 13.0. The van der Waals surface area contributed by atoms with Gasteiger partial charge in [-0.2, -0.15) is 13.2 Å². The minimum Gasteiger partial charge on any atom is -0.493 e. The molecule has 0 saturated carbocycles. The van der Waals surface area contributed by atoms with E-state index in [1.165, 1.54) is 10.8 Å². The van der Waals surface area contributed by atoms with Crippen molar-refractivity contribution >= 4 is 26.4 Å². The number of hydrogen-bond acceptors (Lipinski definition) is 6. The Morgan fingerprint density at radius 1 is 1.09 bits per heavy atom. The summed E-state index contributed by atoms with van der Waals surface area (Å²) in [4.78, 5) is 16.3. The Morgan fingerprint density at radius 2 is 1.79 bits per heavy atom. The van der Waals surface area contributed by atoms with E-state index in [9.17, 15) is 31.5 Å². The smallest absolute Gasteiger partial charge is 0.493 e. The Balaban J connectivity index is 1.74. The Hall–Kier alpha value is -3.80. The lowest BCUT2D eigenvalue weighted by molar-refractivity contribution is -0.0436. The summed E-state index contributed by atoms with van der Waals surface area (Å²) in [6, 6.07) is 10.8. The molecule has 2 N–H and O–H groups in total. The van der Waals surface area contributed by atoms with E-state index in [1.54, 1.807) is 19.3 Å². The van der Waals surface area contributed by atoms with Crippen LogP contribution in [0.5, 0.6) is 5.88 Å². The molecule has 8 nitrogen and oxygen atoms in total. The van der Waals surface area contributed by atoms with Crippen LogP contribution in [0, 0.1) is 0 Å². The summed E-state index contributed by atoms with van der Waals surface area (Å²) in [5.74, 6) is -0.460. The van der Waals surface area contributed by atoms with Crippen LogP contribution < -0.4 is 11.0 Å². The zero-order valence-electron chi connectivity index (χ0n) is 17.0. The number of nitrogens with zero attached hydrogens (tertiary/aromatic N) is 3. The Kier molecular flexibility index (Phi) is 5.40. The van der Waals surface area contributed by atoms with Crippen molar-refractivity contribution in [2.24, 2.45) is 0 Å². The van der Waals surface area contributed by atoms with E-state index in [0.29, 0.717) is 5.52 Å². The van der Waals surface area contributed by atoms with E-state index in [4.69, 9.17) is 0 Å². The predicted octanol–water partition coefficient (Wildman–Crippen LogP) is 3.28. The lowest BCUT2D eigenvalue weighted by atomic mass is 10.1. The van der Waals surface area contributed by atoms with Gasteiger partial charge in [0.05, 0.1) is 28.8 Å². The minimum absolute atomic E-state index is 0.00729. The van der Waals surface area contributed by atoms with Crippen LogP contribution in [0.2, 0.25) is 0 Å². The molecule has 0 bridgehead atoms. The van der Waals surface area contributed by atoms with Gasteiger partial charge in [0.25, 0.3) is 9.84 Å². The number of alkyl halides is 3. The maximum absolute atomic E-state index is 13.0. The number of aromatic nitrogens is 3. The second kappa shape index (κ2) is 7.96. The van der Waals surface area contributed by atoms with Gasteiger partial charge in [0.15, 0.2) is 0 Å². The second-order valence-corrected chi connectivity index (χ2v) is 9.04. The highest BCUT2D eigenvalue weighted by atomic mass is 32.2. The number of rotatable bonds is 5. The Morgan fingerprint density at radius 3 is 2.42 bits per heavy atom. The molecule has 2 heterocycles. The standard InChI is InChI=1S/C21H17F3N4O4S/c1-25-16-3-2-4-17-19(16)13(9-10-26-17)11-27-12-18(29)28(20(27)30)14-5-7-15(8-6-14)33(31,32)21(22,23)24/h2-10,12,25,29H,11H2,1H3. The zero-order valence-corrected chi connectivity index (χ0v) is 17.9. The van der Waals surface area contributed by atoms with Crippen LogP contribution in [-0.2, 0) is 16.4 Å². The van der Waals surface area contributed by atoms with Gasteiger partial charge in [0.1, 0.15) is 0 Å². The summed E-state index contributed by atoms with van der Waals surface area (Å²) < 4.78 is 63.4. The first-order valence-electron chi connectivity index (χ1n) is 9.52. The topological polar surface area (TPSA) is 106 Å². The largest absolute Gasteiger partial charge is 0.501 e. The van der Waals surface area contributed by atoms with Gasteiger partial charge in [-0.05, 0) is 48.0 Å². The highest BCUT2D eigenvalue weighted by molar-refractivity contribution is 7.92. The van der Waals surface area contributed by atoms with Crippen molar-refractivity contribution in [3.8, 4) is 11.6 Å². The lowest BCUT2D eigenvalue weighted by Crippen LogP contribution is -2.24. The lowest BCUT2D eigenvalue weighted by Gasteiger charge is -2.11. The van der Waals surface area contributed by atoms with Gasteiger partial charge in [0, 0.05) is 24.3 Å². The number of benzene rings is 2. The average molecular weight is 478 g/mol. The summed E-state index contributed by atoms with van der Waals surface area (Å²) in [6.07, 6.45) is 2.79. The van der Waals surface area contributed by atoms with Crippen molar-refractivity contribution < 1.29 is 26.7 Å². The third-order valence-electron chi connectivity index (χ3n) is 5.11. The van der Waals surface area contributed by atoms with Gasteiger partial charge in [-0.1, -0.05) is 6.07 Å². The minimum atomic E-state index is -5.53. The van der Waals surface area contributed by atoms with E-state index in [0.717, 1.165) is 45.5 Å². The molecule has 0 aliphatic carbocycles. The summed E-state index contributed by atoms with van der Waals surface area (Å²) in [5, 5.41) is 14.2. The molecule has 4 aromatic rings. The van der Waals surface area contributed by atoms with Crippen LogP contribution in [0.1, 0.15) is 5.56 Å². The molecule has 2 aromatic carbocycles. The predicted molar refractivity (Wildman–Crippen MR) is 115 cm³/mol. The summed E-state index contributed by atoms with van der Waals surface area (Å²) >= 11 is 0. The number of sulfone groups is 1. The first-order valence-corrected chi connectivity index (χ1v) is 11.0. The second-order valence-electron chi connectivity index (χ2n) is 7.10. The number of fused-ring (bicyclic) bond motifs is 1. The van der Waals surface area contributed by atoms with Crippen LogP contribution in [0.25, 0.3) is 16.6 Å². The van der Waals surface area contributed by atoms with Crippen LogP contribution in [0.3, 0.4) is 0 Å². The summed E-state index contributed by atoms with van der Waals surface area (Å²) in [6.45, 7) is 0.0810. The fourth-order valence-corrected chi connectivity index (χ4v) is 4.30. The van der Waals surface area contributed by atoms with Crippen LogP contribution in [0.4, 0.5) is 18.9 Å². The molecule has 0 fully saturated rings. The number of nitrogens with one attached hydrogen (secondary N) is 1. The molecule has 0 atom stereocenters. The van der Waals surface area contributed by atoms with Crippen molar-refractivity contribution in [2.45, 2.75) is 16.9 Å². The molecule has 2 aromatic heterocycles. The first kappa shape index (κ1) is 22.4. The number of pyridine rings is 1. The van der Waals surface area contributed by atoms with Gasteiger partial charge in [-0.3, -0.25) is 9.55 Å². The molecule has 33 heavy (non-hydrogen) atoms. The summed E-state index contributed by atoms with van der Waals surface area (Å²) in [5.41, 5.74) is -3.85.